The highest BCUT2D eigenvalue weighted by molar-refractivity contribution is 5.07. The van der Waals surface area contributed by atoms with Gasteiger partial charge in [0, 0.05) is 11.3 Å². The normalized spacial score (nSPS) is 37.2. The second kappa shape index (κ2) is 2.97. The molecule has 0 unspecified atom stereocenters. The molecule has 0 aromatic carbocycles. The van der Waals surface area contributed by atoms with Gasteiger partial charge in [-0.1, -0.05) is 6.42 Å². The van der Waals surface area contributed by atoms with Crippen LogP contribution in [0.5, 0.6) is 0 Å². The Labute approximate surface area is 68.4 Å². The lowest BCUT2D eigenvalue weighted by Gasteiger charge is -2.30. The van der Waals surface area contributed by atoms with Gasteiger partial charge in [0.15, 0.2) is 0 Å². The molecule has 1 rings (SSSR count). The Hall–Kier alpha value is -0.950. The standard InChI is InChI=1S/C10H13N/c1-3-10(2)6-4-5-9(7-10)8-11/h1,9H,4-7H2,2H3/t9-,10+/m1/s1. The van der Waals surface area contributed by atoms with Crippen LogP contribution in [0.4, 0.5) is 0 Å². The van der Waals surface area contributed by atoms with Gasteiger partial charge in [-0.3, -0.25) is 0 Å². The molecule has 1 fully saturated rings. The van der Waals surface area contributed by atoms with E-state index in [0.29, 0.717) is 0 Å². The van der Waals surface area contributed by atoms with Crippen LogP contribution < -0.4 is 0 Å². The summed E-state index contributed by atoms with van der Waals surface area (Å²) < 4.78 is 0. The molecule has 1 heteroatoms. The van der Waals surface area contributed by atoms with Gasteiger partial charge in [0.2, 0.25) is 0 Å². The van der Waals surface area contributed by atoms with Gasteiger partial charge in [-0.2, -0.15) is 5.26 Å². The molecule has 0 aliphatic heterocycles. The summed E-state index contributed by atoms with van der Waals surface area (Å²) in [4.78, 5) is 0. The molecule has 1 saturated carbocycles. The van der Waals surface area contributed by atoms with Crippen LogP contribution in [0.15, 0.2) is 0 Å². The van der Waals surface area contributed by atoms with Crippen molar-refractivity contribution in [3.8, 4) is 18.4 Å². The molecule has 0 heterocycles. The molecule has 0 radical (unpaired) electrons. The van der Waals surface area contributed by atoms with Crippen molar-refractivity contribution in [2.45, 2.75) is 32.6 Å². The minimum absolute atomic E-state index is 0.00134. The van der Waals surface area contributed by atoms with Gasteiger partial charge in [0.25, 0.3) is 0 Å². The zero-order chi connectivity index (χ0) is 8.32. The van der Waals surface area contributed by atoms with E-state index in [1.807, 2.05) is 0 Å². The maximum Gasteiger partial charge on any atom is 0.0656 e. The molecule has 0 aromatic rings. The number of hydrogen-bond donors (Lipinski definition) is 0. The summed E-state index contributed by atoms with van der Waals surface area (Å²) in [5, 5.41) is 8.70. The molecule has 1 nitrogen and oxygen atoms in total. The average molecular weight is 147 g/mol. The summed E-state index contributed by atoms with van der Waals surface area (Å²) in [6.07, 6.45) is 9.51. The minimum Gasteiger partial charge on any atom is -0.198 e. The first kappa shape index (κ1) is 8.15. The molecule has 0 bridgehead atoms. The van der Waals surface area contributed by atoms with E-state index in [-0.39, 0.29) is 11.3 Å². The van der Waals surface area contributed by atoms with Crippen molar-refractivity contribution in [1.29, 1.82) is 5.26 Å². The Kier molecular flexibility index (Phi) is 2.20. The first-order valence-electron chi connectivity index (χ1n) is 4.07. The van der Waals surface area contributed by atoms with Crippen molar-refractivity contribution in [2.24, 2.45) is 11.3 Å². The van der Waals surface area contributed by atoms with E-state index in [9.17, 15) is 0 Å². The van der Waals surface area contributed by atoms with Crippen LogP contribution in [-0.2, 0) is 0 Å². The van der Waals surface area contributed by atoms with Crippen molar-refractivity contribution in [1.82, 2.24) is 0 Å². The SMILES string of the molecule is C#C[C@@]1(C)CCC[C@@H](C#N)C1. The number of hydrogen-bond acceptors (Lipinski definition) is 1. The highest BCUT2D eigenvalue weighted by Gasteiger charge is 2.29. The third kappa shape index (κ3) is 1.75. The number of rotatable bonds is 0. The van der Waals surface area contributed by atoms with E-state index in [1.165, 1.54) is 0 Å². The molecule has 0 saturated heterocycles. The summed E-state index contributed by atoms with van der Waals surface area (Å²) in [6.45, 7) is 2.08. The Bertz CT molecular complexity index is 218. The fraction of sp³-hybridized carbons (Fsp3) is 0.700. The quantitative estimate of drug-likeness (QED) is 0.482. The van der Waals surface area contributed by atoms with E-state index in [2.05, 4.69) is 18.9 Å². The van der Waals surface area contributed by atoms with Gasteiger partial charge in [-0.05, 0) is 26.2 Å². The fourth-order valence-corrected chi connectivity index (χ4v) is 1.73. The zero-order valence-electron chi connectivity index (χ0n) is 6.93. The Morgan fingerprint density at radius 3 is 2.91 bits per heavy atom. The lowest BCUT2D eigenvalue weighted by atomic mass is 9.72. The van der Waals surface area contributed by atoms with Gasteiger partial charge in [-0.15, -0.1) is 12.3 Å². The summed E-state index contributed by atoms with van der Waals surface area (Å²) in [5.41, 5.74) is -0.00134. The van der Waals surface area contributed by atoms with Gasteiger partial charge in [0.1, 0.15) is 0 Å². The average Bonchev–Trinajstić information content (AvgIpc) is 2.05. The maximum atomic E-state index is 8.70. The third-order valence-corrected chi connectivity index (χ3v) is 2.51. The molecular formula is C10H13N. The van der Waals surface area contributed by atoms with Gasteiger partial charge in [0.05, 0.1) is 6.07 Å². The van der Waals surface area contributed by atoms with Crippen LogP contribution in [0, 0.1) is 35.0 Å². The molecular weight excluding hydrogens is 134 g/mol. The number of terminal acetylenes is 1. The monoisotopic (exact) mass is 147 g/mol. The fourth-order valence-electron chi connectivity index (χ4n) is 1.73. The smallest absolute Gasteiger partial charge is 0.0656 e. The predicted molar refractivity (Wildman–Crippen MR) is 44.5 cm³/mol. The van der Waals surface area contributed by atoms with E-state index < -0.39 is 0 Å². The zero-order valence-corrected chi connectivity index (χ0v) is 6.93. The Morgan fingerprint density at radius 1 is 1.64 bits per heavy atom. The van der Waals surface area contributed by atoms with E-state index in [4.69, 9.17) is 11.7 Å². The van der Waals surface area contributed by atoms with Crippen LogP contribution in [0.2, 0.25) is 0 Å². The summed E-state index contributed by atoms with van der Waals surface area (Å²) in [6, 6.07) is 2.30. The van der Waals surface area contributed by atoms with Crippen molar-refractivity contribution >= 4 is 0 Å². The molecule has 1 aliphatic carbocycles. The summed E-state index contributed by atoms with van der Waals surface area (Å²) in [7, 11) is 0. The van der Waals surface area contributed by atoms with Crippen molar-refractivity contribution in [2.75, 3.05) is 0 Å². The maximum absolute atomic E-state index is 8.70. The lowest BCUT2D eigenvalue weighted by Crippen LogP contribution is -2.23. The molecule has 0 aromatic heterocycles. The second-order valence-electron chi connectivity index (χ2n) is 3.63. The van der Waals surface area contributed by atoms with E-state index in [1.54, 1.807) is 0 Å². The summed E-state index contributed by atoms with van der Waals surface area (Å²) >= 11 is 0. The van der Waals surface area contributed by atoms with Crippen LogP contribution in [0.1, 0.15) is 32.6 Å². The van der Waals surface area contributed by atoms with Crippen LogP contribution >= 0.6 is 0 Å². The van der Waals surface area contributed by atoms with Gasteiger partial charge < -0.3 is 0 Å². The van der Waals surface area contributed by atoms with Crippen molar-refractivity contribution in [3.05, 3.63) is 0 Å². The Balaban J connectivity index is 2.62. The van der Waals surface area contributed by atoms with Crippen LogP contribution in [-0.4, -0.2) is 0 Å². The van der Waals surface area contributed by atoms with Crippen LogP contribution in [0.25, 0.3) is 0 Å². The molecule has 1 aliphatic rings. The second-order valence-corrected chi connectivity index (χ2v) is 3.63. The molecule has 11 heavy (non-hydrogen) atoms. The molecule has 0 N–H and O–H groups in total. The minimum atomic E-state index is -0.00134. The van der Waals surface area contributed by atoms with Crippen molar-refractivity contribution < 1.29 is 0 Å². The highest BCUT2D eigenvalue weighted by Crippen LogP contribution is 2.37. The third-order valence-electron chi connectivity index (χ3n) is 2.51. The molecule has 0 amide bonds. The topological polar surface area (TPSA) is 23.8 Å². The number of nitriles is 1. The lowest BCUT2D eigenvalue weighted by molar-refractivity contribution is 0.258. The molecule has 2 atom stereocenters. The molecule has 58 valence electrons. The Morgan fingerprint density at radius 2 is 2.36 bits per heavy atom. The van der Waals surface area contributed by atoms with Crippen LogP contribution in [0.3, 0.4) is 0 Å². The largest absolute Gasteiger partial charge is 0.198 e. The van der Waals surface area contributed by atoms with E-state index >= 15 is 0 Å². The highest BCUT2D eigenvalue weighted by atomic mass is 14.4. The number of nitrogens with zero attached hydrogens (tertiary/aromatic N) is 1. The van der Waals surface area contributed by atoms with Gasteiger partial charge >= 0.3 is 0 Å². The summed E-state index contributed by atoms with van der Waals surface area (Å²) in [5.74, 6) is 2.99. The van der Waals surface area contributed by atoms with Crippen molar-refractivity contribution in [3.63, 3.8) is 0 Å². The first-order valence-corrected chi connectivity index (χ1v) is 4.07. The van der Waals surface area contributed by atoms with Gasteiger partial charge in [-0.25, -0.2) is 0 Å². The molecule has 0 spiro atoms. The first-order chi connectivity index (χ1) is 5.20. The predicted octanol–water partition coefficient (Wildman–Crippen LogP) is 2.34. The van der Waals surface area contributed by atoms with E-state index in [0.717, 1.165) is 25.7 Å².